The number of aromatic nitrogens is 2. The fourth-order valence-electron chi connectivity index (χ4n) is 5.09. The van der Waals surface area contributed by atoms with E-state index in [4.69, 9.17) is 0 Å². The van der Waals surface area contributed by atoms with Gasteiger partial charge in [-0.3, -0.25) is 0 Å². The molecule has 5 rings (SSSR count). The Morgan fingerprint density at radius 1 is 1.00 bits per heavy atom. The first kappa shape index (κ1) is 23.5. The number of para-hydroxylation sites is 2. The van der Waals surface area contributed by atoms with Crippen LogP contribution in [0.25, 0.3) is 27.9 Å². The molecule has 0 spiro atoms. The molecule has 4 heteroatoms. The molecule has 0 fully saturated rings. The number of benzene rings is 2. The SMILES string of the molecule is C=C(C)C.CC1(/C=C/c2[nH]c3ccccc3c2CC=O)CCc2c(CC=O)c3ccccc3n21. The average molecular weight is 453 g/mol. The molecule has 1 aliphatic rings. The minimum atomic E-state index is -0.189. The van der Waals surface area contributed by atoms with Gasteiger partial charge in [-0.2, -0.15) is 0 Å². The van der Waals surface area contributed by atoms with Crippen LogP contribution >= 0.6 is 0 Å². The van der Waals surface area contributed by atoms with Crippen LogP contribution in [0.5, 0.6) is 0 Å². The highest BCUT2D eigenvalue weighted by Gasteiger charge is 2.35. The van der Waals surface area contributed by atoms with Crippen molar-refractivity contribution in [3.63, 3.8) is 0 Å². The molecule has 3 heterocycles. The largest absolute Gasteiger partial charge is 0.355 e. The number of aromatic amines is 1. The summed E-state index contributed by atoms with van der Waals surface area (Å²) in [6, 6.07) is 16.5. The van der Waals surface area contributed by atoms with Crippen LogP contribution in [0.4, 0.5) is 0 Å². The Balaban J connectivity index is 0.000000636. The van der Waals surface area contributed by atoms with Crippen LogP contribution in [0.15, 0.2) is 66.8 Å². The van der Waals surface area contributed by atoms with Gasteiger partial charge in [0.15, 0.2) is 0 Å². The molecule has 34 heavy (non-hydrogen) atoms. The number of nitrogens with zero attached hydrogens (tertiary/aromatic N) is 1. The van der Waals surface area contributed by atoms with Gasteiger partial charge in [-0.15, -0.1) is 6.58 Å². The van der Waals surface area contributed by atoms with Crippen molar-refractivity contribution >= 4 is 40.5 Å². The molecule has 2 aromatic heterocycles. The van der Waals surface area contributed by atoms with Crippen LogP contribution < -0.4 is 0 Å². The van der Waals surface area contributed by atoms with Crippen LogP contribution in [-0.2, 0) is 34.4 Å². The van der Waals surface area contributed by atoms with Gasteiger partial charge in [-0.1, -0.05) is 48.0 Å². The zero-order valence-electron chi connectivity index (χ0n) is 20.2. The summed E-state index contributed by atoms with van der Waals surface area (Å²) < 4.78 is 2.40. The molecule has 1 atom stereocenters. The summed E-state index contributed by atoms with van der Waals surface area (Å²) in [6.45, 7) is 9.75. The molecule has 0 bridgehead atoms. The van der Waals surface area contributed by atoms with E-state index in [1.807, 2.05) is 38.1 Å². The lowest BCUT2D eigenvalue weighted by Crippen LogP contribution is -2.23. The highest BCUT2D eigenvalue weighted by Crippen LogP contribution is 2.42. The van der Waals surface area contributed by atoms with Crippen molar-refractivity contribution in [1.29, 1.82) is 0 Å². The van der Waals surface area contributed by atoms with E-state index in [0.717, 1.165) is 53.1 Å². The lowest BCUT2D eigenvalue weighted by molar-refractivity contribution is -0.108. The Labute approximate surface area is 201 Å². The van der Waals surface area contributed by atoms with Crippen molar-refractivity contribution < 1.29 is 9.59 Å². The number of H-pyrrole nitrogens is 1. The Hall–Kier alpha value is -3.66. The maximum Gasteiger partial charge on any atom is 0.124 e. The summed E-state index contributed by atoms with van der Waals surface area (Å²) in [6.07, 6.45) is 9.13. The van der Waals surface area contributed by atoms with Crippen LogP contribution in [0.2, 0.25) is 0 Å². The van der Waals surface area contributed by atoms with Gasteiger partial charge in [-0.05, 0) is 62.9 Å². The van der Waals surface area contributed by atoms with Gasteiger partial charge in [0.25, 0.3) is 0 Å². The second-order valence-electron chi connectivity index (χ2n) is 9.48. The van der Waals surface area contributed by atoms with Crippen molar-refractivity contribution in [3.8, 4) is 0 Å². The standard InChI is InChI=1S/C26H24N2O2.C4H8/c1-26(14-10-23-19(12-16-29)18-6-2-4-8-22(18)27-23)15-11-25-21(13-17-30)20-7-3-5-9-24(20)28(25)26;1-4(2)3/h2-10,14,16-17,27H,11-13,15H2,1H3;1H2,2-3H3/b14-10+;. The first-order valence-corrected chi connectivity index (χ1v) is 11.8. The number of allylic oxidation sites excluding steroid dienone is 2. The van der Waals surface area contributed by atoms with Gasteiger partial charge in [-0.25, -0.2) is 0 Å². The number of carbonyl (C=O) groups excluding carboxylic acids is 2. The maximum atomic E-state index is 11.3. The second-order valence-corrected chi connectivity index (χ2v) is 9.48. The molecule has 2 aromatic carbocycles. The summed E-state index contributed by atoms with van der Waals surface area (Å²) in [5.41, 5.74) is 7.65. The third-order valence-electron chi connectivity index (χ3n) is 6.50. The Morgan fingerprint density at radius 3 is 2.32 bits per heavy atom. The van der Waals surface area contributed by atoms with Crippen molar-refractivity contribution in [2.45, 2.75) is 52.0 Å². The van der Waals surface area contributed by atoms with E-state index in [-0.39, 0.29) is 5.54 Å². The quantitative estimate of drug-likeness (QED) is 0.266. The van der Waals surface area contributed by atoms with Crippen molar-refractivity contribution in [2.75, 3.05) is 0 Å². The van der Waals surface area contributed by atoms with E-state index in [9.17, 15) is 9.59 Å². The lowest BCUT2D eigenvalue weighted by atomic mass is 9.95. The van der Waals surface area contributed by atoms with E-state index in [2.05, 4.69) is 59.5 Å². The number of hydrogen-bond acceptors (Lipinski definition) is 2. The summed E-state index contributed by atoms with van der Waals surface area (Å²) in [5.74, 6) is 0. The molecule has 1 aliphatic heterocycles. The molecule has 1 unspecified atom stereocenters. The molecule has 0 amide bonds. The van der Waals surface area contributed by atoms with Crippen molar-refractivity contribution in [2.24, 2.45) is 0 Å². The van der Waals surface area contributed by atoms with Gasteiger partial charge in [0.2, 0.25) is 0 Å². The van der Waals surface area contributed by atoms with Gasteiger partial charge in [0.1, 0.15) is 12.6 Å². The highest BCUT2D eigenvalue weighted by atomic mass is 16.1. The minimum Gasteiger partial charge on any atom is -0.355 e. The van der Waals surface area contributed by atoms with Gasteiger partial charge < -0.3 is 19.1 Å². The Bertz CT molecular complexity index is 1400. The highest BCUT2D eigenvalue weighted by molar-refractivity contribution is 5.90. The number of fused-ring (bicyclic) bond motifs is 4. The topological polar surface area (TPSA) is 54.9 Å². The van der Waals surface area contributed by atoms with E-state index in [1.165, 1.54) is 22.2 Å². The fourth-order valence-corrected chi connectivity index (χ4v) is 5.09. The normalized spacial score (nSPS) is 17.0. The van der Waals surface area contributed by atoms with Crippen LogP contribution in [0.1, 0.15) is 49.7 Å². The first-order valence-electron chi connectivity index (χ1n) is 11.8. The third kappa shape index (κ3) is 4.28. The molecule has 0 saturated heterocycles. The number of nitrogens with one attached hydrogen (secondary N) is 1. The molecular formula is C30H32N2O2. The Morgan fingerprint density at radius 2 is 1.62 bits per heavy atom. The fraction of sp³-hybridized carbons (Fsp3) is 0.267. The smallest absolute Gasteiger partial charge is 0.124 e. The number of hydrogen-bond donors (Lipinski definition) is 1. The molecule has 0 radical (unpaired) electrons. The van der Waals surface area contributed by atoms with Gasteiger partial charge in [0, 0.05) is 46.0 Å². The van der Waals surface area contributed by atoms with Gasteiger partial charge >= 0.3 is 0 Å². The first-order chi connectivity index (χ1) is 16.4. The van der Waals surface area contributed by atoms with E-state index < -0.39 is 0 Å². The van der Waals surface area contributed by atoms with E-state index >= 15 is 0 Å². The third-order valence-corrected chi connectivity index (χ3v) is 6.50. The summed E-state index contributed by atoms with van der Waals surface area (Å²) in [7, 11) is 0. The number of aldehydes is 2. The molecule has 0 saturated carbocycles. The molecule has 1 N–H and O–H groups in total. The molecule has 4 aromatic rings. The van der Waals surface area contributed by atoms with Crippen molar-refractivity contribution in [3.05, 3.63) is 89.3 Å². The second kappa shape index (κ2) is 9.68. The predicted molar refractivity (Wildman–Crippen MR) is 141 cm³/mol. The zero-order valence-corrected chi connectivity index (χ0v) is 20.2. The lowest BCUT2D eigenvalue weighted by Gasteiger charge is -2.24. The number of rotatable bonds is 6. The summed E-state index contributed by atoms with van der Waals surface area (Å²) >= 11 is 0. The molecule has 174 valence electrons. The predicted octanol–water partition coefficient (Wildman–Crippen LogP) is 6.56. The van der Waals surface area contributed by atoms with E-state index in [0.29, 0.717) is 12.8 Å². The summed E-state index contributed by atoms with van der Waals surface area (Å²) in [4.78, 5) is 26.1. The minimum absolute atomic E-state index is 0.189. The van der Waals surface area contributed by atoms with Crippen LogP contribution in [-0.4, -0.2) is 22.1 Å². The molecule has 0 aliphatic carbocycles. The maximum absolute atomic E-state index is 11.3. The molecule has 4 nitrogen and oxygen atoms in total. The van der Waals surface area contributed by atoms with Crippen LogP contribution in [0.3, 0.4) is 0 Å². The number of carbonyl (C=O) groups is 2. The summed E-state index contributed by atoms with van der Waals surface area (Å²) in [5, 5.41) is 2.27. The Kier molecular flexibility index (Phi) is 6.69. The van der Waals surface area contributed by atoms with Crippen LogP contribution in [0, 0.1) is 0 Å². The van der Waals surface area contributed by atoms with Gasteiger partial charge in [0.05, 0.1) is 5.54 Å². The zero-order chi connectivity index (χ0) is 24.3. The molecular weight excluding hydrogens is 420 g/mol. The van der Waals surface area contributed by atoms with Crippen molar-refractivity contribution in [1.82, 2.24) is 9.55 Å². The monoisotopic (exact) mass is 452 g/mol. The van der Waals surface area contributed by atoms with E-state index in [1.54, 1.807) is 0 Å². The average Bonchev–Trinajstić information content (AvgIpc) is 3.44.